The van der Waals surface area contributed by atoms with Crippen molar-refractivity contribution in [2.24, 2.45) is 0 Å². The molecule has 3 heterocycles. The van der Waals surface area contributed by atoms with Gasteiger partial charge in [0.1, 0.15) is 12.4 Å². The van der Waals surface area contributed by atoms with Crippen molar-refractivity contribution in [2.75, 3.05) is 17.2 Å². The number of ether oxygens (including phenoxy) is 1. The van der Waals surface area contributed by atoms with Crippen molar-refractivity contribution in [3.05, 3.63) is 43.0 Å². The fourth-order valence-corrected chi connectivity index (χ4v) is 2.63. The number of amides is 1. The van der Waals surface area contributed by atoms with E-state index in [4.69, 9.17) is 4.74 Å². The fourth-order valence-electron chi connectivity index (χ4n) is 2.63. The third-order valence-corrected chi connectivity index (χ3v) is 3.85. The molecule has 0 bridgehead atoms. The summed E-state index contributed by atoms with van der Waals surface area (Å²) in [6.45, 7) is 0.655. The van der Waals surface area contributed by atoms with Crippen LogP contribution in [0.3, 0.4) is 0 Å². The van der Waals surface area contributed by atoms with Gasteiger partial charge in [-0.1, -0.05) is 0 Å². The van der Waals surface area contributed by atoms with Gasteiger partial charge in [-0.25, -0.2) is 4.98 Å². The third kappa shape index (κ3) is 2.91. The average molecular weight is 324 g/mol. The van der Waals surface area contributed by atoms with Gasteiger partial charge >= 0.3 is 0 Å². The minimum absolute atomic E-state index is 0.0943. The molecule has 3 aromatic rings. The second kappa shape index (κ2) is 6.25. The van der Waals surface area contributed by atoms with E-state index in [1.165, 1.54) is 0 Å². The number of hydrogen-bond acceptors (Lipinski definition) is 6. The molecule has 1 aromatic carbocycles. The Morgan fingerprint density at radius 3 is 2.88 bits per heavy atom. The Kier molecular flexibility index (Phi) is 3.80. The van der Waals surface area contributed by atoms with E-state index >= 15 is 0 Å². The minimum Gasteiger partial charge on any atom is -0.368 e. The number of aromatic nitrogens is 4. The van der Waals surface area contributed by atoms with Crippen LogP contribution in [0.15, 0.2) is 43.0 Å². The normalized spacial score (nSPS) is 17.1. The maximum Gasteiger partial charge on any atom is 0.253 e. The number of rotatable bonds is 4. The van der Waals surface area contributed by atoms with Crippen LogP contribution in [0.4, 0.5) is 17.2 Å². The van der Waals surface area contributed by atoms with Crippen LogP contribution < -0.4 is 10.6 Å². The predicted molar refractivity (Wildman–Crippen MR) is 88.1 cm³/mol. The first-order valence-corrected chi connectivity index (χ1v) is 7.73. The smallest absolute Gasteiger partial charge is 0.253 e. The molecule has 8 heteroatoms. The second-order valence-electron chi connectivity index (χ2n) is 5.53. The maximum atomic E-state index is 12.0. The molecule has 1 fully saturated rings. The van der Waals surface area contributed by atoms with Gasteiger partial charge in [0.05, 0.1) is 0 Å². The highest BCUT2D eigenvalue weighted by molar-refractivity contribution is 5.94. The zero-order valence-corrected chi connectivity index (χ0v) is 12.8. The first-order valence-electron chi connectivity index (χ1n) is 7.73. The lowest BCUT2D eigenvalue weighted by molar-refractivity contribution is -0.124. The number of carbonyl (C=O) groups excluding carboxylic acids is 1. The van der Waals surface area contributed by atoms with E-state index in [1.54, 1.807) is 23.1 Å². The molecule has 0 radical (unpaired) electrons. The van der Waals surface area contributed by atoms with Crippen molar-refractivity contribution in [1.29, 1.82) is 0 Å². The molecule has 0 aliphatic carbocycles. The molecule has 1 saturated heterocycles. The topological polar surface area (TPSA) is 93.4 Å². The zero-order chi connectivity index (χ0) is 16.4. The van der Waals surface area contributed by atoms with Crippen molar-refractivity contribution >= 4 is 28.7 Å². The summed E-state index contributed by atoms with van der Waals surface area (Å²) < 4.78 is 7.16. The van der Waals surface area contributed by atoms with Crippen molar-refractivity contribution < 1.29 is 9.53 Å². The lowest BCUT2D eigenvalue weighted by atomic mass is 10.2. The molecule has 1 amide bonds. The summed E-state index contributed by atoms with van der Waals surface area (Å²) in [4.78, 5) is 16.3. The lowest BCUT2D eigenvalue weighted by Gasteiger charge is -2.11. The first-order chi connectivity index (χ1) is 11.8. The molecule has 1 aliphatic rings. The molecule has 122 valence electrons. The average Bonchev–Trinajstić information content (AvgIpc) is 3.28. The Morgan fingerprint density at radius 2 is 2.08 bits per heavy atom. The SMILES string of the molecule is O=C(Nc1ccc(Nc2nccn3cnnc23)cc1)C1CCCO1. The van der Waals surface area contributed by atoms with Gasteiger partial charge < -0.3 is 15.4 Å². The number of anilines is 3. The highest BCUT2D eigenvalue weighted by atomic mass is 16.5. The third-order valence-electron chi connectivity index (χ3n) is 3.85. The molecule has 1 unspecified atom stereocenters. The van der Waals surface area contributed by atoms with E-state index in [9.17, 15) is 4.79 Å². The molecule has 8 nitrogen and oxygen atoms in total. The number of nitrogens with zero attached hydrogens (tertiary/aromatic N) is 4. The summed E-state index contributed by atoms with van der Waals surface area (Å²) in [5.41, 5.74) is 2.22. The van der Waals surface area contributed by atoms with Crippen LogP contribution in [0, 0.1) is 0 Å². The van der Waals surface area contributed by atoms with Gasteiger partial charge in [0.2, 0.25) is 5.65 Å². The van der Waals surface area contributed by atoms with Gasteiger partial charge in [-0.05, 0) is 37.1 Å². The number of carbonyl (C=O) groups is 1. The molecule has 1 aliphatic heterocycles. The summed E-state index contributed by atoms with van der Waals surface area (Å²) in [5.74, 6) is 0.522. The molecule has 0 saturated carbocycles. The highest BCUT2D eigenvalue weighted by Crippen LogP contribution is 2.21. The van der Waals surface area contributed by atoms with E-state index in [0.717, 1.165) is 24.2 Å². The fraction of sp³-hybridized carbons (Fsp3) is 0.250. The first kappa shape index (κ1) is 14.6. The van der Waals surface area contributed by atoms with E-state index in [1.807, 2.05) is 24.3 Å². The molecule has 1 atom stereocenters. The Morgan fingerprint density at radius 1 is 1.25 bits per heavy atom. The predicted octanol–water partition coefficient (Wildman–Crippen LogP) is 1.99. The van der Waals surface area contributed by atoms with Crippen LogP contribution in [0.25, 0.3) is 5.65 Å². The Balaban J connectivity index is 1.45. The van der Waals surface area contributed by atoms with E-state index in [-0.39, 0.29) is 12.0 Å². The van der Waals surface area contributed by atoms with E-state index < -0.39 is 0 Å². The van der Waals surface area contributed by atoms with Crippen LogP contribution >= 0.6 is 0 Å². The van der Waals surface area contributed by atoms with Gasteiger partial charge in [0, 0.05) is 30.4 Å². The minimum atomic E-state index is -0.336. The van der Waals surface area contributed by atoms with E-state index in [0.29, 0.717) is 18.1 Å². The van der Waals surface area contributed by atoms with Crippen LogP contribution in [0.2, 0.25) is 0 Å². The molecular weight excluding hydrogens is 308 g/mol. The van der Waals surface area contributed by atoms with Gasteiger partial charge in [-0.15, -0.1) is 10.2 Å². The number of hydrogen-bond donors (Lipinski definition) is 2. The summed E-state index contributed by atoms with van der Waals surface area (Å²) in [7, 11) is 0. The zero-order valence-electron chi connectivity index (χ0n) is 12.8. The molecule has 4 rings (SSSR count). The summed E-state index contributed by atoms with van der Waals surface area (Å²) >= 11 is 0. The van der Waals surface area contributed by atoms with Crippen molar-refractivity contribution in [1.82, 2.24) is 19.6 Å². The largest absolute Gasteiger partial charge is 0.368 e. The summed E-state index contributed by atoms with van der Waals surface area (Å²) in [5, 5.41) is 14.0. The second-order valence-corrected chi connectivity index (χ2v) is 5.53. The van der Waals surface area contributed by atoms with Crippen LogP contribution in [-0.2, 0) is 9.53 Å². The van der Waals surface area contributed by atoms with Crippen LogP contribution in [0.5, 0.6) is 0 Å². The molecule has 24 heavy (non-hydrogen) atoms. The molecule has 2 aromatic heterocycles. The van der Waals surface area contributed by atoms with Crippen LogP contribution in [-0.4, -0.2) is 38.2 Å². The van der Waals surface area contributed by atoms with Gasteiger partial charge in [0.25, 0.3) is 5.91 Å². The van der Waals surface area contributed by atoms with Gasteiger partial charge in [0.15, 0.2) is 5.82 Å². The Hall–Kier alpha value is -3.00. The Bertz CT molecular complexity index is 854. The monoisotopic (exact) mass is 324 g/mol. The summed E-state index contributed by atoms with van der Waals surface area (Å²) in [6.07, 6.45) is 6.45. The summed E-state index contributed by atoms with van der Waals surface area (Å²) in [6, 6.07) is 7.40. The van der Waals surface area contributed by atoms with Crippen molar-refractivity contribution in [3.63, 3.8) is 0 Å². The highest BCUT2D eigenvalue weighted by Gasteiger charge is 2.23. The van der Waals surface area contributed by atoms with E-state index in [2.05, 4.69) is 25.8 Å². The molecule has 2 N–H and O–H groups in total. The number of nitrogens with one attached hydrogen (secondary N) is 2. The van der Waals surface area contributed by atoms with Gasteiger partial charge in [-0.3, -0.25) is 9.20 Å². The maximum absolute atomic E-state index is 12.0. The molecule has 0 spiro atoms. The quantitative estimate of drug-likeness (QED) is 0.762. The van der Waals surface area contributed by atoms with Crippen molar-refractivity contribution in [2.45, 2.75) is 18.9 Å². The standard InChI is InChI=1S/C16H16N6O2/c23-16(13-2-1-9-24-13)20-12-5-3-11(4-6-12)19-14-15-21-18-10-22(15)8-7-17-14/h3-8,10,13H,1-2,9H2,(H,17,19)(H,20,23). The Labute approximate surface area is 137 Å². The number of benzene rings is 1. The van der Waals surface area contributed by atoms with Crippen molar-refractivity contribution in [3.8, 4) is 0 Å². The van der Waals surface area contributed by atoms with Crippen LogP contribution in [0.1, 0.15) is 12.8 Å². The molecular formula is C16H16N6O2. The van der Waals surface area contributed by atoms with Gasteiger partial charge in [-0.2, -0.15) is 0 Å². The number of fused-ring (bicyclic) bond motifs is 1. The lowest BCUT2D eigenvalue weighted by Crippen LogP contribution is -2.26.